The van der Waals surface area contributed by atoms with Gasteiger partial charge < -0.3 is 0 Å². The standard InChI is InChI=1S/C12H26N2/c1-4-6-10(3)12(14-13)11-8-5-7-9(11)2/h9-12,14H,4-8,13H2,1-3H3. The molecule has 0 bridgehead atoms. The Morgan fingerprint density at radius 2 is 2.14 bits per heavy atom. The van der Waals surface area contributed by atoms with E-state index in [1.54, 1.807) is 0 Å². The third-order valence-corrected chi connectivity index (χ3v) is 3.94. The zero-order chi connectivity index (χ0) is 10.6. The van der Waals surface area contributed by atoms with Crippen molar-refractivity contribution in [1.82, 2.24) is 5.43 Å². The molecule has 1 fully saturated rings. The van der Waals surface area contributed by atoms with Crippen molar-refractivity contribution in [2.45, 2.75) is 58.9 Å². The monoisotopic (exact) mass is 198 g/mol. The van der Waals surface area contributed by atoms with E-state index in [0.29, 0.717) is 6.04 Å². The average molecular weight is 198 g/mol. The molecule has 1 aliphatic rings. The molecule has 0 amide bonds. The molecule has 0 saturated heterocycles. The molecule has 14 heavy (non-hydrogen) atoms. The average Bonchev–Trinajstić information content (AvgIpc) is 2.54. The molecule has 0 aromatic carbocycles. The van der Waals surface area contributed by atoms with Gasteiger partial charge in [0, 0.05) is 6.04 Å². The Bertz CT molecular complexity index is 158. The van der Waals surface area contributed by atoms with Gasteiger partial charge in [0.15, 0.2) is 0 Å². The summed E-state index contributed by atoms with van der Waals surface area (Å²) in [4.78, 5) is 0. The Morgan fingerprint density at radius 3 is 2.57 bits per heavy atom. The van der Waals surface area contributed by atoms with E-state index in [0.717, 1.165) is 17.8 Å². The first-order chi connectivity index (χ1) is 6.70. The van der Waals surface area contributed by atoms with E-state index in [1.807, 2.05) is 0 Å². The molecular formula is C12H26N2. The fourth-order valence-electron chi connectivity index (χ4n) is 3.05. The molecule has 0 aromatic heterocycles. The van der Waals surface area contributed by atoms with Crippen LogP contribution in [0.5, 0.6) is 0 Å². The third-order valence-electron chi connectivity index (χ3n) is 3.94. The summed E-state index contributed by atoms with van der Waals surface area (Å²) in [6.45, 7) is 6.96. The summed E-state index contributed by atoms with van der Waals surface area (Å²) in [7, 11) is 0. The normalized spacial score (nSPS) is 31.7. The van der Waals surface area contributed by atoms with Gasteiger partial charge in [-0.05, 0) is 30.6 Å². The summed E-state index contributed by atoms with van der Waals surface area (Å²) >= 11 is 0. The van der Waals surface area contributed by atoms with E-state index in [2.05, 4.69) is 26.2 Å². The SMILES string of the molecule is CCCC(C)C(NN)C1CCCC1C. The molecule has 0 aliphatic heterocycles. The second kappa shape index (κ2) is 5.72. The van der Waals surface area contributed by atoms with Crippen LogP contribution in [0.4, 0.5) is 0 Å². The molecule has 2 heteroatoms. The van der Waals surface area contributed by atoms with Crippen LogP contribution in [0, 0.1) is 17.8 Å². The van der Waals surface area contributed by atoms with Crippen molar-refractivity contribution >= 4 is 0 Å². The van der Waals surface area contributed by atoms with E-state index in [-0.39, 0.29) is 0 Å². The zero-order valence-electron chi connectivity index (χ0n) is 9.92. The van der Waals surface area contributed by atoms with Crippen LogP contribution in [0.25, 0.3) is 0 Å². The number of rotatable bonds is 5. The van der Waals surface area contributed by atoms with Crippen LogP contribution in [0.3, 0.4) is 0 Å². The molecule has 0 aromatic rings. The summed E-state index contributed by atoms with van der Waals surface area (Å²) in [6, 6.07) is 0.535. The maximum atomic E-state index is 5.70. The second-order valence-corrected chi connectivity index (χ2v) is 5.03. The molecule has 4 atom stereocenters. The van der Waals surface area contributed by atoms with Crippen LogP contribution >= 0.6 is 0 Å². The summed E-state index contributed by atoms with van der Waals surface area (Å²) in [5.41, 5.74) is 3.06. The third kappa shape index (κ3) is 2.71. The van der Waals surface area contributed by atoms with Crippen LogP contribution in [-0.4, -0.2) is 6.04 Å². The van der Waals surface area contributed by atoms with Gasteiger partial charge in [-0.2, -0.15) is 0 Å². The van der Waals surface area contributed by atoms with Crippen LogP contribution in [0.2, 0.25) is 0 Å². The summed E-state index contributed by atoms with van der Waals surface area (Å²) < 4.78 is 0. The number of hydrazine groups is 1. The molecule has 1 rings (SSSR count). The zero-order valence-corrected chi connectivity index (χ0v) is 9.92. The lowest BCUT2D eigenvalue weighted by Gasteiger charge is -2.31. The fraction of sp³-hybridized carbons (Fsp3) is 1.00. The summed E-state index contributed by atoms with van der Waals surface area (Å²) in [6.07, 6.45) is 6.70. The first kappa shape index (κ1) is 12.0. The number of hydrogen-bond donors (Lipinski definition) is 2. The predicted octanol–water partition coefficient (Wildman–Crippen LogP) is 2.69. The minimum Gasteiger partial charge on any atom is -0.271 e. The minimum atomic E-state index is 0.535. The Kier molecular flexibility index (Phi) is 4.90. The second-order valence-electron chi connectivity index (χ2n) is 5.03. The molecule has 2 nitrogen and oxygen atoms in total. The number of nitrogens with two attached hydrogens (primary N) is 1. The van der Waals surface area contributed by atoms with Crippen LogP contribution in [0.1, 0.15) is 52.9 Å². The van der Waals surface area contributed by atoms with Crippen molar-refractivity contribution < 1.29 is 0 Å². The first-order valence-corrected chi connectivity index (χ1v) is 6.16. The predicted molar refractivity (Wildman–Crippen MR) is 61.7 cm³/mol. The highest BCUT2D eigenvalue weighted by atomic mass is 15.2. The molecule has 84 valence electrons. The van der Waals surface area contributed by atoms with Crippen molar-refractivity contribution in [2.24, 2.45) is 23.6 Å². The topological polar surface area (TPSA) is 38.0 Å². The Hall–Kier alpha value is -0.0800. The van der Waals surface area contributed by atoms with Gasteiger partial charge in [-0.3, -0.25) is 11.3 Å². The largest absolute Gasteiger partial charge is 0.271 e. The quantitative estimate of drug-likeness (QED) is 0.526. The molecular weight excluding hydrogens is 172 g/mol. The van der Waals surface area contributed by atoms with Gasteiger partial charge in [0.05, 0.1) is 0 Å². The van der Waals surface area contributed by atoms with E-state index < -0.39 is 0 Å². The van der Waals surface area contributed by atoms with Gasteiger partial charge >= 0.3 is 0 Å². The van der Waals surface area contributed by atoms with Crippen molar-refractivity contribution in [3.63, 3.8) is 0 Å². The maximum Gasteiger partial charge on any atom is 0.0266 e. The summed E-state index contributed by atoms with van der Waals surface area (Å²) in [5, 5.41) is 0. The first-order valence-electron chi connectivity index (χ1n) is 6.16. The van der Waals surface area contributed by atoms with Gasteiger partial charge in [-0.15, -0.1) is 0 Å². The van der Waals surface area contributed by atoms with Crippen LogP contribution < -0.4 is 11.3 Å². The van der Waals surface area contributed by atoms with Crippen molar-refractivity contribution in [3.8, 4) is 0 Å². The highest BCUT2D eigenvalue weighted by Crippen LogP contribution is 2.36. The molecule has 0 heterocycles. The maximum absolute atomic E-state index is 5.70. The highest BCUT2D eigenvalue weighted by molar-refractivity contribution is 4.86. The number of hydrogen-bond acceptors (Lipinski definition) is 2. The van der Waals surface area contributed by atoms with E-state index >= 15 is 0 Å². The lowest BCUT2D eigenvalue weighted by molar-refractivity contribution is 0.224. The van der Waals surface area contributed by atoms with Crippen molar-refractivity contribution in [3.05, 3.63) is 0 Å². The highest BCUT2D eigenvalue weighted by Gasteiger charge is 2.32. The van der Waals surface area contributed by atoms with Gasteiger partial charge in [-0.1, -0.05) is 40.0 Å². The molecule has 1 saturated carbocycles. The number of nitrogens with one attached hydrogen (secondary N) is 1. The van der Waals surface area contributed by atoms with Gasteiger partial charge in [0.25, 0.3) is 0 Å². The van der Waals surface area contributed by atoms with Gasteiger partial charge in [-0.25, -0.2) is 0 Å². The molecule has 1 aliphatic carbocycles. The summed E-state index contributed by atoms with van der Waals surface area (Å²) in [5.74, 6) is 8.08. The lowest BCUT2D eigenvalue weighted by atomic mass is 9.82. The molecule has 0 spiro atoms. The smallest absolute Gasteiger partial charge is 0.0266 e. The van der Waals surface area contributed by atoms with Crippen LogP contribution in [-0.2, 0) is 0 Å². The van der Waals surface area contributed by atoms with Crippen LogP contribution in [0.15, 0.2) is 0 Å². The minimum absolute atomic E-state index is 0.535. The molecule has 3 N–H and O–H groups in total. The Labute approximate surface area is 88.6 Å². The van der Waals surface area contributed by atoms with Crippen molar-refractivity contribution in [1.29, 1.82) is 0 Å². The lowest BCUT2D eigenvalue weighted by Crippen LogP contribution is -2.46. The van der Waals surface area contributed by atoms with Gasteiger partial charge in [0.1, 0.15) is 0 Å². The Morgan fingerprint density at radius 1 is 1.43 bits per heavy atom. The van der Waals surface area contributed by atoms with Crippen molar-refractivity contribution in [2.75, 3.05) is 0 Å². The molecule has 0 radical (unpaired) electrons. The van der Waals surface area contributed by atoms with E-state index in [9.17, 15) is 0 Å². The fourth-order valence-corrected chi connectivity index (χ4v) is 3.05. The molecule has 4 unspecified atom stereocenters. The van der Waals surface area contributed by atoms with E-state index in [4.69, 9.17) is 5.84 Å². The Balaban J connectivity index is 2.51. The van der Waals surface area contributed by atoms with E-state index in [1.165, 1.54) is 32.1 Å². The van der Waals surface area contributed by atoms with Gasteiger partial charge in [0.2, 0.25) is 0 Å².